The smallest absolute Gasteiger partial charge is 0.0542 e. The summed E-state index contributed by atoms with van der Waals surface area (Å²) in [5.74, 6) is 0. The number of halogens is 1. The molecular weight excluding hydrogens is 268 g/mol. The summed E-state index contributed by atoms with van der Waals surface area (Å²) in [7, 11) is 0. The Morgan fingerprint density at radius 3 is 2.75 bits per heavy atom. The van der Waals surface area contributed by atoms with Crippen LogP contribution in [0.1, 0.15) is 32.4 Å². The van der Waals surface area contributed by atoms with Crippen LogP contribution in [-0.2, 0) is 6.54 Å². The molecule has 0 aliphatic rings. The number of hydrogen-bond acceptors (Lipinski definition) is 3. The molecule has 0 amide bonds. The van der Waals surface area contributed by atoms with E-state index in [4.69, 9.17) is 5.11 Å². The van der Waals surface area contributed by atoms with E-state index in [-0.39, 0.29) is 12.1 Å². The maximum atomic E-state index is 9.00. The van der Waals surface area contributed by atoms with E-state index in [0.29, 0.717) is 0 Å². The van der Waals surface area contributed by atoms with Gasteiger partial charge in [-0.2, -0.15) is 0 Å². The summed E-state index contributed by atoms with van der Waals surface area (Å²) in [4.78, 5) is 4.30. The maximum absolute atomic E-state index is 9.00. The number of nitrogens with zero attached hydrogens (tertiary/aromatic N) is 1. The van der Waals surface area contributed by atoms with Crippen LogP contribution in [0, 0.1) is 0 Å². The maximum Gasteiger partial charge on any atom is 0.0542 e. The average molecular weight is 287 g/mol. The summed E-state index contributed by atoms with van der Waals surface area (Å²) >= 11 is 3.36. The van der Waals surface area contributed by atoms with Crippen LogP contribution >= 0.6 is 15.9 Å². The standard InChI is InChI=1S/C12H19BrN2O/c1-3-12(2,6-7-16)15-9-11-5-4-10(13)8-14-11/h4-5,8,15-16H,3,6-7,9H2,1-2H3. The third kappa shape index (κ3) is 4.20. The molecule has 0 aliphatic heterocycles. The van der Waals surface area contributed by atoms with Crippen LogP contribution < -0.4 is 5.32 Å². The van der Waals surface area contributed by atoms with Crippen LogP contribution in [-0.4, -0.2) is 22.2 Å². The van der Waals surface area contributed by atoms with Gasteiger partial charge >= 0.3 is 0 Å². The van der Waals surface area contributed by atoms with Crippen molar-refractivity contribution in [3.8, 4) is 0 Å². The van der Waals surface area contributed by atoms with Crippen molar-refractivity contribution >= 4 is 15.9 Å². The number of rotatable bonds is 6. The molecule has 1 heterocycles. The molecule has 3 nitrogen and oxygen atoms in total. The largest absolute Gasteiger partial charge is 0.396 e. The van der Waals surface area contributed by atoms with E-state index >= 15 is 0 Å². The van der Waals surface area contributed by atoms with Gasteiger partial charge in [0.25, 0.3) is 0 Å². The number of aromatic nitrogens is 1. The van der Waals surface area contributed by atoms with Gasteiger partial charge in [0.05, 0.1) is 5.69 Å². The van der Waals surface area contributed by atoms with Crippen LogP contribution in [0.5, 0.6) is 0 Å². The monoisotopic (exact) mass is 286 g/mol. The van der Waals surface area contributed by atoms with Gasteiger partial charge < -0.3 is 10.4 Å². The van der Waals surface area contributed by atoms with Gasteiger partial charge in [-0.1, -0.05) is 6.92 Å². The predicted molar refractivity (Wildman–Crippen MR) is 69.2 cm³/mol. The lowest BCUT2D eigenvalue weighted by atomic mass is 9.95. The minimum absolute atomic E-state index is 0.0104. The van der Waals surface area contributed by atoms with Gasteiger partial charge in [-0.15, -0.1) is 0 Å². The second kappa shape index (κ2) is 6.33. The molecule has 1 aromatic rings. The second-order valence-electron chi connectivity index (χ2n) is 4.21. The highest BCUT2D eigenvalue weighted by Crippen LogP contribution is 2.15. The number of nitrogens with one attached hydrogen (secondary N) is 1. The number of aliphatic hydroxyl groups excluding tert-OH is 1. The zero-order chi connectivity index (χ0) is 12.0. The van der Waals surface area contributed by atoms with Crippen molar-refractivity contribution in [1.29, 1.82) is 0 Å². The Kier molecular flexibility index (Phi) is 5.38. The summed E-state index contributed by atoms with van der Waals surface area (Å²) in [6.45, 7) is 5.20. The molecule has 0 bridgehead atoms. The molecule has 90 valence electrons. The molecule has 0 saturated carbocycles. The molecule has 0 aromatic carbocycles. The van der Waals surface area contributed by atoms with Crippen molar-refractivity contribution in [1.82, 2.24) is 10.3 Å². The van der Waals surface area contributed by atoms with Crippen LogP contribution in [0.2, 0.25) is 0 Å². The molecule has 0 fully saturated rings. The number of hydrogen-bond donors (Lipinski definition) is 2. The first-order valence-corrected chi connectivity index (χ1v) is 6.35. The van der Waals surface area contributed by atoms with Crippen LogP contribution in [0.3, 0.4) is 0 Å². The Balaban J connectivity index is 2.52. The van der Waals surface area contributed by atoms with Crippen LogP contribution in [0.4, 0.5) is 0 Å². The van der Waals surface area contributed by atoms with Gasteiger partial charge in [0.15, 0.2) is 0 Å². The predicted octanol–water partition coefficient (Wildman–Crippen LogP) is 2.48. The van der Waals surface area contributed by atoms with E-state index in [2.05, 4.69) is 40.1 Å². The van der Waals surface area contributed by atoms with E-state index < -0.39 is 0 Å². The van der Waals surface area contributed by atoms with Gasteiger partial charge in [-0.25, -0.2) is 0 Å². The molecule has 0 spiro atoms. The summed E-state index contributed by atoms with van der Waals surface area (Å²) in [5, 5.41) is 12.4. The highest BCUT2D eigenvalue weighted by molar-refractivity contribution is 9.10. The molecule has 0 saturated heterocycles. The minimum atomic E-state index is -0.0104. The SMILES string of the molecule is CCC(C)(CCO)NCc1ccc(Br)cn1. The third-order valence-corrected chi connectivity index (χ3v) is 3.40. The number of pyridine rings is 1. The molecule has 16 heavy (non-hydrogen) atoms. The van der Waals surface area contributed by atoms with Gasteiger partial charge in [-0.05, 0) is 47.8 Å². The zero-order valence-corrected chi connectivity index (χ0v) is 11.4. The first kappa shape index (κ1) is 13.6. The van der Waals surface area contributed by atoms with Crippen molar-refractivity contribution in [3.63, 3.8) is 0 Å². The summed E-state index contributed by atoms with van der Waals surface area (Å²) in [5.41, 5.74) is 1.00. The average Bonchev–Trinajstić information content (AvgIpc) is 2.29. The molecule has 1 atom stereocenters. The van der Waals surface area contributed by atoms with E-state index in [1.165, 1.54) is 0 Å². The van der Waals surface area contributed by atoms with E-state index in [9.17, 15) is 0 Å². The van der Waals surface area contributed by atoms with E-state index in [1.54, 1.807) is 6.20 Å². The molecule has 4 heteroatoms. The highest BCUT2D eigenvalue weighted by Gasteiger charge is 2.20. The van der Waals surface area contributed by atoms with Crippen molar-refractivity contribution in [2.45, 2.75) is 38.8 Å². The quantitative estimate of drug-likeness (QED) is 0.845. The topological polar surface area (TPSA) is 45.1 Å². The Morgan fingerprint density at radius 2 is 2.25 bits per heavy atom. The highest BCUT2D eigenvalue weighted by atomic mass is 79.9. The third-order valence-electron chi connectivity index (χ3n) is 2.93. The van der Waals surface area contributed by atoms with Gasteiger partial charge in [0, 0.05) is 29.4 Å². The molecule has 2 N–H and O–H groups in total. The molecule has 1 aromatic heterocycles. The Hall–Kier alpha value is -0.450. The Labute approximate surface area is 105 Å². The first-order chi connectivity index (χ1) is 7.59. The number of aliphatic hydroxyl groups is 1. The summed E-state index contributed by atoms with van der Waals surface area (Å²) < 4.78 is 0.991. The molecule has 0 aliphatic carbocycles. The van der Waals surface area contributed by atoms with Gasteiger partial charge in [-0.3, -0.25) is 4.98 Å². The Morgan fingerprint density at radius 1 is 1.50 bits per heavy atom. The van der Waals surface area contributed by atoms with Crippen molar-refractivity contribution in [2.75, 3.05) is 6.61 Å². The fourth-order valence-electron chi connectivity index (χ4n) is 1.45. The first-order valence-electron chi connectivity index (χ1n) is 5.56. The second-order valence-corrected chi connectivity index (χ2v) is 5.12. The van der Waals surface area contributed by atoms with Gasteiger partial charge in [0.1, 0.15) is 0 Å². The normalized spacial score (nSPS) is 14.8. The fraction of sp³-hybridized carbons (Fsp3) is 0.583. The molecule has 1 rings (SSSR count). The van der Waals surface area contributed by atoms with Crippen LogP contribution in [0.25, 0.3) is 0 Å². The van der Waals surface area contributed by atoms with Crippen molar-refractivity contribution in [3.05, 3.63) is 28.5 Å². The molecule has 0 radical (unpaired) electrons. The van der Waals surface area contributed by atoms with Crippen molar-refractivity contribution in [2.24, 2.45) is 0 Å². The van der Waals surface area contributed by atoms with E-state index in [1.807, 2.05) is 12.1 Å². The lowest BCUT2D eigenvalue weighted by Crippen LogP contribution is -2.42. The Bertz CT molecular complexity index is 315. The van der Waals surface area contributed by atoms with Gasteiger partial charge in [0.2, 0.25) is 0 Å². The summed E-state index contributed by atoms with van der Waals surface area (Å²) in [6.07, 6.45) is 3.55. The molecule has 1 unspecified atom stereocenters. The zero-order valence-electron chi connectivity index (χ0n) is 9.83. The summed E-state index contributed by atoms with van der Waals surface area (Å²) in [6, 6.07) is 3.98. The van der Waals surface area contributed by atoms with Crippen LogP contribution in [0.15, 0.2) is 22.8 Å². The van der Waals surface area contributed by atoms with Crippen molar-refractivity contribution < 1.29 is 5.11 Å². The minimum Gasteiger partial charge on any atom is -0.396 e. The molecular formula is C12H19BrN2O. The fourth-order valence-corrected chi connectivity index (χ4v) is 1.69. The lowest BCUT2D eigenvalue weighted by Gasteiger charge is -2.29. The van der Waals surface area contributed by atoms with E-state index in [0.717, 1.165) is 29.6 Å². The lowest BCUT2D eigenvalue weighted by molar-refractivity contribution is 0.214.